The Morgan fingerprint density at radius 1 is 1.29 bits per heavy atom. The van der Waals surface area contributed by atoms with E-state index < -0.39 is 27.8 Å². The van der Waals surface area contributed by atoms with Crippen LogP contribution in [-0.2, 0) is 5.60 Å². The van der Waals surface area contributed by atoms with E-state index in [2.05, 4.69) is 4.98 Å². The number of rotatable bonds is 6. The second-order valence-corrected chi connectivity index (χ2v) is 5.41. The minimum absolute atomic E-state index is 0.0704. The molecule has 1 heterocycles. The molecule has 10 heteroatoms. The van der Waals surface area contributed by atoms with E-state index in [1.54, 1.807) is 0 Å². The predicted molar refractivity (Wildman–Crippen MR) is 82.1 cm³/mol. The van der Waals surface area contributed by atoms with Gasteiger partial charge in [0, 0.05) is 22.6 Å². The van der Waals surface area contributed by atoms with Gasteiger partial charge < -0.3 is 4.74 Å². The summed E-state index contributed by atoms with van der Waals surface area (Å²) in [6.07, 6.45) is 0.953. The molecule has 0 amide bonds. The van der Waals surface area contributed by atoms with Gasteiger partial charge in [0.1, 0.15) is 12.0 Å². The molecule has 2 rings (SSSR count). The molecule has 1 aromatic carbocycles. The number of nitro groups is 2. The highest BCUT2D eigenvalue weighted by Crippen LogP contribution is 2.34. The molecule has 24 heavy (non-hydrogen) atoms. The van der Waals surface area contributed by atoms with Crippen molar-refractivity contribution in [2.24, 2.45) is 0 Å². The molecule has 0 radical (unpaired) electrons. The molecule has 0 bridgehead atoms. The molecule has 0 spiro atoms. The lowest BCUT2D eigenvalue weighted by atomic mass is 9.95. The summed E-state index contributed by atoms with van der Waals surface area (Å²) in [5.41, 5.74) is -1.81. The molecular weight excluding hydrogens is 345 g/mol. The summed E-state index contributed by atoms with van der Waals surface area (Å²) < 4.78 is 19.2. The maximum Gasteiger partial charge on any atom is 0.287 e. The topological polar surface area (TPSA) is 108 Å². The monoisotopic (exact) mass is 355 g/mol. The van der Waals surface area contributed by atoms with Crippen LogP contribution in [0.2, 0.25) is 5.02 Å². The molecule has 0 aliphatic carbocycles. The number of aromatic nitrogens is 1. The Morgan fingerprint density at radius 2 is 2.00 bits per heavy atom. The van der Waals surface area contributed by atoms with Crippen molar-refractivity contribution in [2.75, 3.05) is 6.54 Å². The minimum Gasteiger partial charge on any atom is -0.459 e. The quantitative estimate of drug-likeness (QED) is 0.580. The largest absolute Gasteiger partial charge is 0.459 e. The summed E-state index contributed by atoms with van der Waals surface area (Å²) in [5.74, 6) is -0.839. The van der Waals surface area contributed by atoms with Gasteiger partial charge in [-0.25, -0.2) is 9.37 Å². The van der Waals surface area contributed by atoms with Gasteiger partial charge in [0.15, 0.2) is 5.60 Å². The van der Waals surface area contributed by atoms with Crippen LogP contribution in [0.15, 0.2) is 36.5 Å². The first-order chi connectivity index (χ1) is 11.2. The Hall–Kier alpha value is -2.81. The average molecular weight is 356 g/mol. The highest BCUT2D eigenvalue weighted by Gasteiger charge is 2.38. The summed E-state index contributed by atoms with van der Waals surface area (Å²) >= 11 is 5.91. The van der Waals surface area contributed by atoms with Crippen LogP contribution in [0.3, 0.4) is 0 Å². The van der Waals surface area contributed by atoms with E-state index >= 15 is 0 Å². The van der Waals surface area contributed by atoms with E-state index in [1.807, 2.05) is 0 Å². The Bertz CT molecular complexity index is 786. The number of ether oxygens (including phenoxy) is 1. The van der Waals surface area contributed by atoms with Gasteiger partial charge in [-0.1, -0.05) is 23.7 Å². The normalized spacial score (nSPS) is 13.1. The van der Waals surface area contributed by atoms with Crippen molar-refractivity contribution in [1.82, 2.24) is 4.98 Å². The van der Waals surface area contributed by atoms with E-state index in [4.69, 9.17) is 16.3 Å². The van der Waals surface area contributed by atoms with Crippen LogP contribution in [0.25, 0.3) is 0 Å². The molecule has 1 atom stereocenters. The fourth-order valence-corrected chi connectivity index (χ4v) is 2.43. The Morgan fingerprint density at radius 3 is 2.54 bits per heavy atom. The van der Waals surface area contributed by atoms with Crippen LogP contribution in [0.4, 0.5) is 10.1 Å². The van der Waals surface area contributed by atoms with Crippen molar-refractivity contribution in [1.29, 1.82) is 0 Å². The molecule has 0 saturated heterocycles. The van der Waals surface area contributed by atoms with Gasteiger partial charge in [-0.15, -0.1) is 0 Å². The van der Waals surface area contributed by atoms with E-state index in [1.165, 1.54) is 25.1 Å². The fourth-order valence-electron chi connectivity index (χ4n) is 2.10. The van der Waals surface area contributed by atoms with E-state index in [0.717, 1.165) is 18.3 Å². The van der Waals surface area contributed by atoms with Crippen molar-refractivity contribution in [2.45, 2.75) is 12.5 Å². The summed E-state index contributed by atoms with van der Waals surface area (Å²) in [5, 5.41) is 21.3. The first kappa shape index (κ1) is 17.5. The molecule has 0 saturated carbocycles. The molecule has 2 aromatic rings. The minimum atomic E-state index is -1.62. The fraction of sp³-hybridized carbons (Fsp3) is 0.214. The molecule has 0 aliphatic heterocycles. The van der Waals surface area contributed by atoms with Gasteiger partial charge >= 0.3 is 0 Å². The molecule has 8 nitrogen and oxygen atoms in total. The number of pyridine rings is 1. The molecule has 1 aromatic heterocycles. The third-order valence-corrected chi connectivity index (χ3v) is 3.60. The molecule has 0 aliphatic rings. The van der Waals surface area contributed by atoms with Gasteiger partial charge in [0.25, 0.3) is 5.69 Å². The smallest absolute Gasteiger partial charge is 0.287 e. The number of hydrogen-bond acceptors (Lipinski definition) is 6. The number of benzene rings is 1. The first-order valence-corrected chi connectivity index (χ1v) is 6.96. The van der Waals surface area contributed by atoms with Gasteiger partial charge in [-0.05, 0) is 13.0 Å². The van der Waals surface area contributed by atoms with Crippen molar-refractivity contribution >= 4 is 17.3 Å². The third-order valence-electron chi connectivity index (χ3n) is 3.21. The Balaban J connectivity index is 2.42. The number of hydrogen-bond donors (Lipinski definition) is 0. The van der Waals surface area contributed by atoms with Crippen molar-refractivity contribution in [3.63, 3.8) is 0 Å². The summed E-state index contributed by atoms with van der Waals surface area (Å²) in [7, 11) is 0. The molecule has 126 valence electrons. The van der Waals surface area contributed by atoms with Crippen LogP contribution in [0.1, 0.15) is 12.5 Å². The Labute approximate surface area is 140 Å². The standard InChI is InChI=1S/C14H11ClFN3O5/c1-14(8-18(20)21,10-3-2-4-11(16)13(10)15)24-12-6-5-9(7-17-12)19(22)23/h2-7H,8H2,1H3. The predicted octanol–water partition coefficient (Wildman–Crippen LogP) is 3.35. The Kier molecular flexibility index (Phi) is 4.93. The third kappa shape index (κ3) is 3.74. The van der Waals surface area contributed by atoms with Gasteiger partial charge in [-0.2, -0.15) is 0 Å². The van der Waals surface area contributed by atoms with E-state index in [0.29, 0.717) is 0 Å². The van der Waals surface area contributed by atoms with Crippen LogP contribution >= 0.6 is 11.6 Å². The van der Waals surface area contributed by atoms with E-state index in [-0.39, 0.29) is 22.2 Å². The maximum absolute atomic E-state index is 13.7. The van der Waals surface area contributed by atoms with Gasteiger partial charge in [-0.3, -0.25) is 20.2 Å². The van der Waals surface area contributed by atoms with Crippen LogP contribution < -0.4 is 4.74 Å². The van der Waals surface area contributed by atoms with E-state index in [9.17, 15) is 24.6 Å². The average Bonchev–Trinajstić information content (AvgIpc) is 2.49. The SMILES string of the molecule is CC(C[N+](=O)[O-])(Oc1ccc([N+](=O)[O-])cn1)c1cccc(F)c1Cl. The van der Waals surface area contributed by atoms with Crippen LogP contribution in [0.5, 0.6) is 5.88 Å². The number of halogens is 2. The summed E-state index contributed by atoms with van der Waals surface area (Å²) in [6.45, 7) is 0.647. The second kappa shape index (κ2) is 6.75. The molecule has 0 fully saturated rings. The second-order valence-electron chi connectivity index (χ2n) is 5.04. The lowest BCUT2D eigenvalue weighted by molar-refractivity contribution is -0.499. The molecular formula is C14H11ClFN3O5. The van der Waals surface area contributed by atoms with Crippen LogP contribution in [0, 0.1) is 26.0 Å². The summed E-state index contributed by atoms with van der Waals surface area (Å²) in [6, 6.07) is 6.20. The molecule has 1 unspecified atom stereocenters. The number of nitrogens with zero attached hydrogens (tertiary/aromatic N) is 3. The molecule has 0 N–H and O–H groups in total. The lowest BCUT2D eigenvalue weighted by Gasteiger charge is -2.27. The van der Waals surface area contributed by atoms with Crippen molar-refractivity contribution < 1.29 is 19.0 Å². The van der Waals surface area contributed by atoms with Crippen molar-refractivity contribution in [3.8, 4) is 5.88 Å². The summed E-state index contributed by atoms with van der Waals surface area (Å²) in [4.78, 5) is 24.1. The zero-order valence-corrected chi connectivity index (χ0v) is 13.1. The zero-order valence-electron chi connectivity index (χ0n) is 12.3. The maximum atomic E-state index is 13.7. The van der Waals surface area contributed by atoms with Gasteiger partial charge in [0.2, 0.25) is 12.4 Å². The zero-order chi connectivity index (χ0) is 17.9. The van der Waals surface area contributed by atoms with Gasteiger partial charge in [0.05, 0.1) is 9.95 Å². The lowest BCUT2D eigenvalue weighted by Crippen LogP contribution is -2.38. The highest BCUT2D eigenvalue weighted by atomic mass is 35.5. The highest BCUT2D eigenvalue weighted by molar-refractivity contribution is 6.31. The van der Waals surface area contributed by atoms with Crippen LogP contribution in [-0.4, -0.2) is 21.4 Å². The first-order valence-electron chi connectivity index (χ1n) is 6.59. The van der Waals surface area contributed by atoms with Crippen molar-refractivity contribution in [3.05, 3.63) is 73.2 Å².